The zero-order chi connectivity index (χ0) is 19.1. The van der Waals surface area contributed by atoms with Crippen molar-refractivity contribution < 1.29 is 14.2 Å². The average molecular weight is 361 g/mol. The zero-order valence-electron chi connectivity index (χ0n) is 16.1. The van der Waals surface area contributed by atoms with Crippen molar-refractivity contribution in [1.82, 2.24) is 0 Å². The predicted octanol–water partition coefficient (Wildman–Crippen LogP) is 5.35. The molecule has 0 saturated heterocycles. The zero-order valence-corrected chi connectivity index (χ0v) is 16.1. The first-order valence-electron chi connectivity index (χ1n) is 9.10. The van der Waals surface area contributed by atoms with Crippen LogP contribution in [0.3, 0.4) is 0 Å². The molecule has 0 aromatic heterocycles. The van der Waals surface area contributed by atoms with E-state index in [1.165, 1.54) is 16.7 Å². The molecule has 139 valence electrons. The maximum Gasteiger partial charge on any atom is 0.203 e. The predicted molar refractivity (Wildman–Crippen MR) is 109 cm³/mol. The minimum Gasteiger partial charge on any atom is -0.493 e. The molecular weight excluding hydrogens is 336 g/mol. The second-order valence-corrected chi connectivity index (χ2v) is 6.32. The molecule has 0 spiro atoms. The van der Waals surface area contributed by atoms with Crippen molar-refractivity contribution >= 4 is 0 Å². The van der Waals surface area contributed by atoms with E-state index in [1.807, 2.05) is 12.1 Å². The molecule has 0 heterocycles. The summed E-state index contributed by atoms with van der Waals surface area (Å²) >= 11 is 0. The summed E-state index contributed by atoms with van der Waals surface area (Å²) in [6, 6.07) is 24.3. The Hall–Kier alpha value is -2.94. The Bertz CT molecular complexity index is 872. The van der Waals surface area contributed by atoms with Gasteiger partial charge in [-0.15, -0.1) is 0 Å². The molecule has 3 rings (SSSR count). The van der Waals surface area contributed by atoms with Crippen LogP contribution in [0.2, 0.25) is 0 Å². The standard InChI is InChI=1S/C24H25O3/c1-25-22-16-15-20(23(26-2)24(22)27-3)13-7-9-18-10-8-14-21(17-18)19-11-5-4-6-12-19/h4-6,8,10-12,14,16-17H,7,9,13H2,1-3H3. The number of benzene rings is 3. The van der Waals surface area contributed by atoms with E-state index in [1.54, 1.807) is 21.3 Å². The Labute approximate surface area is 161 Å². The van der Waals surface area contributed by atoms with Crippen molar-refractivity contribution in [2.75, 3.05) is 21.3 Å². The lowest BCUT2D eigenvalue weighted by atomic mass is 9.99. The summed E-state index contributed by atoms with van der Waals surface area (Å²) in [6.45, 7) is 0. The highest BCUT2D eigenvalue weighted by Crippen LogP contribution is 2.40. The molecule has 0 aliphatic rings. The Morgan fingerprint density at radius 1 is 0.741 bits per heavy atom. The summed E-state index contributed by atoms with van der Waals surface area (Å²) in [6.07, 6.45) is 2.85. The molecule has 1 radical (unpaired) electrons. The van der Waals surface area contributed by atoms with E-state index in [9.17, 15) is 0 Å². The average Bonchev–Trinajstić information content (AvgIpc) is 2.74. The fourth-order valence-corrected chi connectivity index (χ4v) is 3.29. The van der Waals surface area contributed by atoms with E-state index in [4.69, 9.17) is 14.2 Å². The van der Waals surface area contributed by atoms with Gasteiger partial charge in [0.15, 0.2) is 11.5 Å². The second-order valence-electron chi connectivity index (χ2n) is 6.32. The molecule has 0 amide bonds. The van der Waals surface area contributed by atoms with E-state index >= 15 is 0 Å². The molecule has 0 atom stereocenters. The van der Waals surface area contributed by atoms with Gasteiger partial charge in [-0.25, -0.2) is 0 Å². The molecule has 27 heavy (non-hydrogen) atoms. The van der Waals surface area contributed by atoms with Gasteiger partial charge in [-0.2, -0.15) is 0 Å². The van der Waals surface area contributed by atoms with Gasteiger partial charge >= 0.3 is 0 Å². The molecule has 0 unspecified atom stereocenters. The molecule has 0 aliphatic heterocycles. The van der Waals surface area contributed by atoms with E-state index in [-0.39, 0.29) is 0 Å². The first-order chi connectivity index (χ1) is 13.3. The summed E-state index contributed by atoms with van der Waals surface area (Å²) in [7, 11) is 4.89. The number of aryl methyl sites for hydroxylation is 2. The van der Waals surface area contributed by atoms with Crippen molar-refractivity contribution in [3.8, 4) is 28.4 Å². The van der Waals surface area contributed by atoms with Gasteiger partial charge in [0.05, 0.1) is 21.3 Å². The van der Waals surface area contributed by atoms with Crippen LogP contribution in [-0.4, -0.2) is 21.3 Å². The van der Waals surface area contributed by atoms with E-state index in [0.717, 1.165) is 24.8 Å². The highest BCUT2D eigenvalue weighted by molar-refractivity contribution is 5.64. The van der Waals surface area contributed by atoms with Crippen LogP contribution in [-0.2, 0) is 12.8 Å². The lowest BCUT2D eigenvalue weighted by Crippen LogP contribution is -2.00. The van der Waals surface area contributed by atoms with Gasteiger partial charge in [0.1, 0.15) is 0 Å². The van der Waals surface area contributed by atoms with Gasteiger partial charge in [0, 0.05) is 5.56 Å². The maximum absolute atomic E-state index is 5.55. The van der Waals surface area contributed by atoms with Crippen LogP contribution in [0.25, 0.3) is 11.1 Å². The summed E-state index contributed by atoms with van der Waals surface area (Å²) in [5.41, 5.74) is 4.84. The van der Waals surface area contributed by atoms with Crippen LogP contribution < -0.4 is 14.2 Å². The van der Waals surface area contributed by atoms with Crippen LogP contribution in [0.15, 0.2) is 60.7 Å². The Morgan fingerprint density at radius 3 is 2.19 bits per heavy atom. The van der Waals surface area contributed by atoms with Gasteiger partial charge < -0.3 is 14.2 Å². The van der Waals surface area contributed by atoms with Crippen LogP contribution in [0.5, 0.6) is 17.2 Å². The molecule has 0 saturated carbocycles. The number of hydrogen-bond donors (Lipinski definition) is 0. The van der Waals surface area contributed by atoms with E-state index in [2.05, 4.69) is 54.6 Å². The van der Waals surface area contributed by atoms with Crippen LogP contribution >= 0.6 is 0 Å². The van der Waals surface area contributed by atoms with Gasteiger partial charge in [-0.1, -0.05) is 54.6 Å². The number of methoxy groups -OCH3 is 3. The maximum atomic E-state index is 5.55. The summed E-state index contributed by atoms with van der Waals surface area (Å²) in [5.74, 6) is 1.96. The Morgan fingerprint density at radius 2 is 1.48 bits per heavy atom. The minimum atomic E-state index is 0.625. The first-order valence-corrected chi connectivity index (χ1v) is 9.10. The number of rotatable bonds is 8. The third kappa shape index (κ3) is 4.43. The van der Waals surface area contributed by atoms with Gasteiger partial charge in [-0.3, -0.25) is 0 Å². The Balaban J connectivity index is 1.70. The summed E-state index contributed by atoms with van der Waals surface area (Å²) < 4.78 is 16.3. The molecular formula is C24H25O3. The van der Waals surface area contributed by atoms with E-state index in [0.29, 0.717) is 17.2 Å². The first kappa shape index (κ1) is 18.8. The Kier molecular flexibility index (Phi) is 6.37. The third-order valence-electron chi connectivity index (χ3n) is 4.64. The smallest absolute Gasteiger partial charge is 0.203 e. The fourth-order valence-electron chi connectivity index (χ4n) is 3.29. The van der Waals surface area contributed by atoms with Crippen molar-refractivity contribution in [1.29, 1.82) is 0 Å². The van der Waals surface area contributed by atoms with Crippen molar-refractivity contribution in [2.45, 2.75) is 19.3 Å². The fraction of sp³-hybridized carbons (Fsp3) is 0.250. The normalized spacial score (nSPS) is 10.5. The van der Waals surface area contributed by atoms with Crippen molar-refractivity contribution in [3.05, 3.63) is 77.9 Å². The second kappa shape index (κ2) is 9.13. The van der Waals surface area contributed by atoms with Crippen molar-refractivity contribution in [3.63, 3.8) is 0 Å². The van der Waals surface area contributed by atoms with Crippen LogP contribution in [0, 0.1) is 6.07 Å². The van der Waals surface area contributed by atoms with Gasteiger partial charge in [0.25, 0.3) is 0 Å². The highest BCUT2D eigenvalue weighted by Gasteiger charge is 2.15. The molecule has 0 bridgehead atoms. The number of ether oxygens (including phenoxy) is 3. The van der Waals surface area contributed by atoms with Crippen LogP contribution in [0.4, 0.5) is 0 Å². The van der Waals surface area contributed by atoms with E-state index < -0.39 is 0 Å². The number of hydrogen-bond acceptors (Lipinski definition) is 3. The monoisotopic (exact) mass is 361 g/mol. The van der Waals surface area contributed by atoms with Crippen molar-refractivity contribution in [2.24, 2.45) is 0 Å². The minimum absolute atomic E-state index is 0.625. The molecule has 3 aromatic rings. The quantitative estimate of drug-likeness (QED) is 0.541. The summed E-state index contributed by atoms with van der Waals surface area (Å²) in [5, 5.41) is 0. The molecule has 3 nitrogen and oxygen atoms in total. The molecule has 3 heteroatoms. The SMILES string of the molecule is COc1c[c]c(CCCc2cccc(-c3ccccc3)c2)c(OC)c1OC. The van der Waals surface area contributed by atoms with Gasteiger partial charge in [-0.05, 0) is 48.1 Å². The molecule has 0 N–H and O–H groups in total. The highest BCUT2D eigenvalue weighted by atomic mass is 16.5. The lowest BCUT2D eigenvalue weighted by Gasteiger charge is -2.15. The third-order valence-corrected chi connectivity index (χ3v) is 4.64. The largest absolute Gasteiger partial charge is 0.493 e. The molecule has 0 aliphatic carbocycles. The molecule has 0 fully saturated rings. The van der Waals surface area contributed by atoms with Crippen LogP contribution in [0.1, 0.15) is 17.5 Å². The lowest BCUT2D eigenvalue weighted by molar-refractivity contribution is 0.322. The topological polar surface area (TPSA) is 27.7 Å². The van der Waals surface area contributed by atoms with Gasteiger partial charge in [0.2, 0.25) is 5.75 Å². The summed E-state index contributed by atoms with van der Waals surface area (Å²) in [4.78, 5) is 0. The molecule has 3 aromatic carbocycles.